The zero-order valence-electron chi connectivity index (χ0n) is 14.4. The zero-order valence-corrected chi connectivity index (χ0v) is 14.4. The van der Waals surface area contributed by atoms with Crippen molar-refractivity contribution in [2.75, 3.05) is 14.2 Å². The molecule has 2 rings (SSSR count). The molecular formula is C16H24B2O6. The van der Waals surface area contributed by atoms with Crippen molar-refractivity contribution in [2.45, 2.75) is 13.8 Å². The summed E-state index contributed by atoms with van der Waals surface area (Å²) in [6, 6.07) is 13.3. The van der Waals surface area contributed by atoms with E-state index in [-0.39, 0.29) is 0 Å². The molecule has 0 atom stereocenters. The number of hydrogen-bond acceptors (Lipinski definition) is 6. The van der Waals surface area contributed by atoms with E-state index in [1.807, 2.05) is 13.8 Å². The number of methoxy groups -OCH3 is 2. The maximum absolute atomic E-state index is 8.81. The number of ether oxygens (including phenoxy) is 2. The molecule has 0 heterocycles. The summed E-state index contributed by atoms with van der Waals surface area (Å²) in [6.45, 7) is 4.00. The lowest BCUT2D eigenvalue weighted by molar-refractivity contribution is 0.403. The van der Waals surface area contributed by atoms with Crippen LogP contribution in [0.2, 0.25) is 0 Å². The molecule has 0 aromatic heterocycles. The summed E-state index contributed by atoms with van der Waals surface area (Å²) in [5, 5.41) is 35.0. The average Bonchev–Trinajstić information content (AvgIpc) is 2.63. The average molecular weight is 334 g/mol. The summed E-state index contributed by atoms with van der Waals surface area (Å²) in [6.07, 6.45) is 0. The van der Waals surface area contributed by atoms with Gasteiger partial charge >= 0.3 is 14.2 Å². The minimum absolute atomic E-state index is 0.384. The van der Waals surface area contributed by atoms with Crippen molar-refractivity contribution in [3.63, 3.8) is 0 Å². The summed E-state index contributed by atoms with van der Waals surface area (Å²) in [7, 11) is 0.179. The number of para-hydroxylation sites is 1. The Kier molecular flexibility index (Phi) is 11.4. The van der Waals surface area contributed by atoms with Crippen molar-refractivity contribution < 1.29 is 29.6 Å². The first-order valence-electron chi connectivity index (χ1n) is 7.48. The van der Waals surface area contributed by atoms with E-state index in [4.69, 9.17) is 29.6 Å². The Bertz CT molecular complexity index is 561. The standard InChI is InChI=1S/2C7H9BO3.C2H6/c1-11-7-4-2-6(3-5-7)8(9)10;1-11-7-5-3-2-4-6(7)8(9)10;1-2/h2*2-5,9-10H,1H3;1-2H3. The molecule has 0 aliphatic heterocycles. The van der Waals surface area contributed by atoms with Gasteiger partial charge in [0.25, 0.3) is 0 Å². The normalized spacial score (nSPS) is 8.83. The first-order chi connectivity index (χ1) is 11.5. The van der Waals surface area contributed by atoms with Crippen LogP contribution in [0.4, 0.5) is 0 Å². The lowest BCUT2D eigenvalue weighted by Gasteiger charge is -2.05. The smallest absolute Gasteiger partial charge is 0.492 e. The van der Waals surface area contributed by atoms with E-state index in [9.17, 15) is 0 Å². The molecule has 0 saturated carbocycles. The Hall–Kier alpha value is -1.99. The van der Waals surface area contributed by atoms with Gasteiger partial charge in [-0.3, -0.25) is 0 Å². The molecule has 2 aromatic carbocycles. The first kappa shape index (κ1) is 22.0. The fourth-order valence-corrected chi connectivity index (χ4v) is 1.66. The molecule has 6 nitrogen and oxygen atoms in total. The molecule has 8 heteroatoms. The van der Waals surface area contributed by atoms with Crippen LogP contribution in [-0.4, -0.2) is 48.6 Å². The van der Waals surface area contributed by atoms with Crippen LogP contribution in [0, 0.1) is 0 Å². The first-order valence-corrected chi connectivity index (χ1v) is 7.48. The fourth-order valence-electron chi connectivity index (χ4n) is 1.66. The summed E-state index contributed by atoms with van der Waals surface area (Å²) in [4.78, 5) is 0. The van der Waals surface area contributed by atoms with Crippen LogP contribution in [0.5, 0.6) is 11.5 Å². The minimum atomic E-state index is -1.47. The van der Waals surface area contributed by atoms with Crippen LogP contribution in [0.1, 0.15) is 13.8 Å². The predicted octanol–water partition coefficient (Wildman–Crippen LogP) is -0.224. The highest BCUT2D eigenvalue weighted by Gasteiger charge is 2.15. The summed E-state index contributed by atoms with van der Waals surface area (Å²) in [5.74, 6) is 1.19. The highest BCUT2D eigenvalue weighted by molar-refractivity contribution is 6.59. The maximum Gasteiger partial charge on any atom is 0.492 e. The van der Waals surface area contributed by atoms with Gasteiger partial charge in [-0.25, -0.2) is 0 Å². The summed E-state index contributed by atoms with van der Waals surface area (Å²) < 4.78 is 9.77. The lowest BCUT2D eigenvalue weighted by atomic mass is 9.80. The molecule has 0 aliphatic carbocycles. The molecular weight excluding hydrogens is 310 g/mol. The van der Waals surface area contributed by atoms with E-state index < -0.39 is 14.2 Å². The van der Waals surface area contributed by atoms with Gasteiger partial charge in [-0.15, -0.1) is 0 Å². The molecule has 0 unspecified atom stereocenters. The Balaban J connectivity index is 0.000000400. The minimum Gasteiger partial charge on any atom is -0.497 e. The second-order valence-corrected chi connectivity index (χ2v) is 4.26. The van der Waals surface area contributed by atoms with E-state index in [1.54, 1.807) is 55.6 Å². The van der Waals surface area contributed by atoms with Crippen molar-refractivity contribution in [1.82, 2.24) is 0 Å². The van der Waals surface area contributed by atoms with Gasteiger partial charge in [-0.1, -0.05) is 44.2 Å². The van der Waals surface area contributed by atoms with Gasteiger partial charge < -0.3 is 29.6 Å². The Morgan fingerprint density at radius 1 is 0.708 bits per heavy atom. The van der Waals surface area contributed by atoms with E-state index in [1.165, 1.54) is 7.11 Å². The lowest BCUT2D eigenvalue weighted by Crippen LogP contribution is -2.30. The molecule has 0 spiro atoms. The summed E-state index contributed by atoms with van der Waals surface area (Å²) in [5.41, 5.74) is 0.848. The van der Waals surface area contributed by atoms with Crippen LogP contribution in [-0.2, 0) is 0 Å². The fraction of sp³-hybridized carbons (Fsp3) is 0.250. The molecule has 130 valence electrons. The molecule has 0 radical (unpaired) electrons. The van der Waals surface area contributed by atoms with Gasteiger partial charge in [-0.2, -0.15) is 0 Å². The van der Waals surface area contributed by atoms with Crippen molar-refractivity contribution in [3.8, 4) is 11.5 Å². The molecule has 4 N–H and O–H groups in total. The third-order valence-corrected chi connectivity index (χ3v) is 2.83. The Labute approximate surface area is 143 Å². The van der Waals surface area contributed by atoms with Crippen LogP contribution < -0.4 is 20.4 Å². The summed E-state index contributed by atoms with van der Waals surface area (Å²) >= 11 is 0. The van der Waals surface area contributed by atoms with Gasteiger partial charge in [-0.05, 0) is 23.7 Å². The predicted molar refractivity (Wildman–Crippen MR) is 97.0 cm³/mol. The highest BCUT2D eigenvalue weighted by Crippen LogP contribution is 2.05. The zero-order chi connectivity index (χ0) is 18.5. The third kappa shape index (κ3) is 7.52. The Morgan fingerprint density at radius 3 is 1.62 bits per heavy atom. The van der Waals surface area contributed by atoms with Crippen LogP contribution in [0.3, 0.4) is 0 Å². The molecule has 2 aromatic rings. The van der Waals surface area contributed by atoms with Gasteiger partial charge in [0.15, 0.2) is 0 Å². The number of rotatable bonds is 4. The second kappa shape index (κ2) is 12.4. The van der Waals surface area contributed by atoms with Crippen LogP contribution >= 0.6 is 0 Å². The van der Waals surface area contributed by atoms with Crippen molar-refractivity contribution >= 4 is 25.2 Å². The second-order valence-electron chi connectivity index (χ2n) is 4.26. The van der Waals surface area contributed by atoms with E-state index in [2.05, 4.69) is 0 Å². The van der Waals surface area contributed by atoms with Gasteiger partial charge in [0.1, 0.15) is 11.5 Å². The van der Waals surface area contributed by atoms with Crippen molar-refractivity contribution in [1.29, 1.82) is 0 Å². The molecule has 0 aliphatic rings. The third-order valence-electron chi connectivity index (χ3n) is 2.83. The van der Waals surface area contributed by atoms with Gasteiger partial charge in [0, 0.05) is 5.46 Å². The van der Waals surface area contributed by atoms with E-state index >= 15 is 0 Å². The molecule has 24 heavy (non-hydrogen) atoms. The van der Waals surface area contributed by atoms with Gasteiger partial charge in [0.2, 0.25) is 0 Å². The Morgan fingerprint density at radius 2 is 1.25 bits per heavy atom. The highest BCUT2D eigenvalue weighted by atomic mass is 16.5. The molecule has 0 bridgehead atoms. The van der Waals surface area contributed by atoms with Gasteiger partial charge in [0.05, 0.1) is 14.2 Å². The molecule has 0 saturated heterocycles. The van der Waals surface area contributed by atoms with Crippen LogP contribution in [0.25, 0.3) is 0 Å². The SMILES string of the molecule is CC.COc1ccc(B(O)O)cc1.COc1ccccc1B(O)O. The molecule has 0 amide bonds. The maximum atomic E-state index is 8.81. The van der Waals surface area contributed by atoms with Crippen molar-refractivity contribution in [3.05, 3.63) is 48.5 Å². The van der Waals surface area contributed by atoms with E-state index in [0.29, 0.717) is 22.4 Å². The quantitative estimate of drug-likeness (QED) is 0.577. The van der Waals surface area contributed by atoms with Crippen molar-refractivity contribution in [2.24, 2.45) is 0 Å². The molecule has 0 fully saturated rings. The van der Waals surface area contributed by atoms with Crippen LogP contribution in [0.15, 0.2) is 48.5 Å². The number of hydrogen-bond donors (Lipinski definition) is 4. The largest absolute Gasteiger partial charge is 0.497 e. The monoisotopic (exact) mass is 334 g/mol. The number of benzene rings is 2. The topological polar surface area (TPSA) is 99.4 Å². The van der Waals surface area contributed by atoms with E-state index in [0.717, 1.165) is 0 Å².